The van der Waals surface area contributed by atoms with E-state index in [1.54, 1.807) is 4.90 Å². The Hall–Kier alpha value is -0.360. The molecular formula is C16H33ClN2O3. The first-order valence-corrected chi connectivity index (χ1v) is 8.15. The minimum atomic E-state index is -0.421. The summed E-state index contributed by atoms with van der Waals surface area (Å²) in [4.78, 5) is 13.9. The highest BCUT2D eigenvalue weighted by atomic mass is 35.5. The van der Waals surface area contributed by atoms with Crippen LogP contribution in [0.15, 0.2) is 0 Å². The average Bonchev–Trinajstić information content (AvgIpc) is 2.49. The van der Waals surface area contributed by atoms with Crippen LogP contribution in [0, 0.1) is 5.92 Å². The Morgan fingerprint density at radius 1 is 1.36 bits per heavy atom. The van der Waals surface area contributed by atoms with Crippen LogP contribution in [0.4, 0.5) is 0 Å². The van der Waals surface area contributed by atoms with Gasteiger partial charge in [-0.1, -0.05) is 13.8 Å². The lowest BCUT2D eigenvalue weighted by Gasteiger charge is -2.26. The predicted octanol–water partition coefficient (Wildman–Crippen LogP) is 2.21. The topological polar surface area (TPSA) is 64.8 Å². The van der Waals surface area contributed by atoms with Gasteiger partial charge in [0.25, 0.3) is 5.91 Å². The Morgan fingerprint density at radius 2 is 2.05 bits per heavy atom. The van der Waals surface area contributed by atoms with E-state index >= 15 is 0 Å². The molecule has 0 saturated carbocycles. The fourth-order valence-electron chi connectivity index (χ4n) is 2.36. The number of carbonyl (C=O) groups excluding carboxylic acids is 1. The smallest absolute Gasteiger partial charge is 0.251 e. The van der Waals surface area contributed by atoms with Crippen molar-refractivity contribution in [2.75, 3.05) is 26.8 Å². The van der Waals surface area contributed by atoms with Crippen LogP contribution >= 0.6 is 12.4 Å². The number of ether oxygens (including phenoxy) is 2. The van der Waals surface area contributed by atoms with E-state index in [0.717, 1.165) is 25.9 Å². The molecule has 1 aliphatic heterocycles. The highest BCUT2D eigenvalue weighted by molar-refractivity contribution is 5.85. The van der Waals surface area contributed by atoms with Gasteiger partial charge < -0.3 is 20.1 Å². The van der Waals surface area contributed by atoms with E-state index < -0.39 is 6.10 Å². The maximum atomic E-state index is 12.2. The highest BCUT2D eigenvalue weighted by Crippen LogP contribution is 2.14. The minimum absolute atomic E-state index is 0. The summed E-state index contributed by atoms with van der Waals surface area (Å²) in [5.74, 6) is 0.451. The summed E-state index contributed by atoms with van der Waals surface area (Å²) in [5.41, 5.74) is 6.01. The summed E-state index contributed by atoms with van der Waals surface area (Å²) in [7, 11) is 1.81. The summed E-state index contributed by atoms with van der Waals surface area (Å²) in [6.45, 7) is 8.00. The van der Waals surface area contributed by atoms with Gasteiger partial charge in [0.05, 0.1) is 12.7 Å². The van der Waals surface area contributed by atoms with Gasteiger partial charge >= 0.3 is 0 Å². The maximum Gasteiger partial charge on any atom is 0.251 e. The number of hydrogen-bond acceptors (Lipinski definition) is 4. The molecule has 1 saturated heterocycles. The first kappa shape index (κ1) is 21.6. The van der Waals surface area contributed by atoms with E-state index in [2.05, 4.69) is 13.8 Å². The van der Waals surface area contributed by atoms with Gasteiger partial charge in [-0.15, -0.1) is 12.4 Å². The fraction of sp³-hybridized carbons (Fsp3) is 0.938. The number of amides is 1. The molecule has 0 aromatic heterocycles. The normalized spacial score (nSPS) is 21.1. The van der Waals surface area contributed by atoms with Gasteiger partial charge in [0.2, 0.25) is 0 Å². The number of carbonyl (C=O) groups is 1. The van der Waals surface area contributed by atoms with Crippen LogP contribution in [0.5, 0.6) is 0 Å². The molecule has 1 heterocycles. The summed E-state index contributed by atoms with van der Waals surface area (Å²) >= 11 is 0. The molecule has 0 bridgehead atoms. The minimum Gasteiger partial charge on any atom is -0.376 e. The molecule has 3 unspecified atom stereocenters. The van der Waals surface area contributed by atoms with Crippen LogP contribution in [0.2, 0.25) is 0 Å². The largest absolute Gasteiger partial charge is 0.376 e. The van der Waals surface area contributed by atoms with Crippen molar-refractivity contribution in [3.63, 3.8) is 0 Å². The molecule has 1 aliphatic rings. The second-order valence-electron chi connectivity index (χ2n) is 6.42. The van der Waals surface area contributed by atoms with Gasteiger partial charge in [-0.25, -0.2) is 0 Å². The summed E-state index contributed by atoms with van der Waals surface area (Å²) in [6, 6.07) is 0.132. The Balaban J connectivity index is 0.00000441. The van der Waals surface area contributed by atoms with Crippen molar-refractivity contribution in [3.05, 3.63) is 0 Å². The van der Waals surface area contributed by atoms with E-state index in [9.17, 15) is 4.79 Å². The zero-order chi connectivity index (χ0) is 15.8. The quantitative estimate of drug-likeness (QED) is 0.738. The fourth-order valence-corrected chi connectivity index (χ4v) is 2.36. The van der Waals surface area contributed by atoms with Gasteiger partial charge in [-0.3, -0.25) is 4.79 Å². The van der Waals surface area contributed by atoms with Gasteiger partial charge in [0.1, 0.15) is 6.10 Å². The molecule has 1 fully saturated rings. The number of nitrogens with zero attached hydrogens (tertiary/aromatic N) is 1. The third-order valence-electron chi connectivity index (χ3n) is 4.18. The van der Waals surface area contributed by atoms with E-state index in [0.29, 0.717) is 19.1 Å². The SMILES string of the molecule is CC(OCC1CCCCO1)C(=O)N(C)CCC(N)C(C)C.Cl. The Morgan fingerprint density at radius 3 is 2.59 bits per heavy atom. The molecule has 0 spiro atoms. The molecule has 0 radical (unpaired) electrons. The van der Waals surface area contributed by atoms with Gasteiger partial charge in [0.15, 0.2) is 0 Å². The van der Waals surface area contributed by atoms with Crippen molar-refractivity contribution >= 4 is 18.3 Å². The first-order valence-electron chi connectivity index (χ1n) is 8.15. The molecule has 0 aromatic rings. The Bertz CT molecular complexity index is 310. The molecule has 6 heteroatoms. The third-order valence-corrected chi connectivity index (χ3v) is 4.18. The lowest BCUT2D eigenvalue weighted by atomic mass is 10.0. The standard InChI is InChI=1S/C16H32N2O3.ClH/c1-12(2)15(17)8-9-18(4)16(19)13(3)21-11-14-7-5-6-10-20-14;/h12-15H,5-11,17H2,1-4H3;1H. The number of likely N-dealkylation sites (N-methyl/N-ethyl adjacent to an activating group) is 1. The first-order chi connectivity index (χ1) is 9.91. The molecule has 0 aliphatic carbocycles. The van der Waals surface area contributed by atoms with E-state index in [1.165, 1.54) is 6.42 Å². The van der Waals surface area contributed by atoms with Crippen LogP contribution in [0.25, 0.3) is 0 Å². The predicted molar refractivity (Wildman–Crippen MR) is 91.3 cm³/mol. The molecule has 3 atom stereocenters. The van der Waals surface area contributed by atoms with Crippen molar-refractivity contribution in [1.82, 2.24) is 4.90 Å². The third kappa shape index (κ3) is 7.77. The Labute approximate surface area is 141 Å². The monoisotopic (exact) mass is 336 g/mol. The lowest BCUT2D eigenvalue weighted by molar-refractivity contribution is -0.144. The molecule has 22 heavy (non-hydrogen) atoms. The second kappa shape index (κ2) is 11.2. The van der Waals surface area contributed by atoms with Crippen molar-refractivity contribution in [3.8, 4) is 0 Å². The van der Waals surface area contributed by atoms with Crippen molar-refractivity contribution in [1.29, 1.82) is 0 Å². The van der Waals surface area contributed by atoms with E-state index in [4.69, 9.17) is 15.2 Å². The Kier molecular flexibility index (Phi) is 11.0. The van der Waals surface area contributed by atoms with Crippen molar-refractivity contribution in [2.24, 2.45) is 11.7 Å². The van der Waals surface area contributed by atoms with E-state index in [-0.39, 0.29) is 30.5 Å². The molecule has 1 amide bonds. The van der Waals surface area contributed by atoms with Crippen molar-refractivity contribution in [2.45, 2.75) is 64.7 Å². The molecule has 2 N–H and O–H groups in total. The summed E-state index contributed by atoms with van der Waals surface area (Å²) in [5, 5.41) is 0. The number of hydrogen-bond donors (Lipinski definition) is 1. The van der Waals surface area contributed by atoms with Gasteiger partial charge in [-0.2, -0.15) is 0 Å². The molecule has 1 rings (SSSR count). The van der Waals surface area contributed by atoms with Crippen LogP contribution in [0.3, 0.4) is 0 Å². The number of nitrogens with two attached hydrogens (primary N) is 1. The zero-order valence-electron chi connectivity index (χ0n) is 14.4. The molecular weight excluding hydrogens is 304 g/mol. The number of rotatable bonds is 8. The van der Waals surface area contributed by atoms with E-state index in [1.807, 2.05) is 14.0 Å². The van der Waals surface area contributed by atoms with Crippen molar-refractivity contribution < 1.29 is 14.3 Å². The number of halogens is 1. The van der Waals surface area contributed by atoms with Crippen LogP contribution in [-0.4, -0.2) is 55.9 Å². The molecule has 5 nitrogen and oxygen atoms in total. The van der Waals surface area contributed by atoms with Crippen LogP contribution in [0.1, 0.15) is 46.5 Å². The van der Waals surface area contributed by atoms with Crippen LogP contribution in [-0.2, 0) is 14.3 Å². The molecule has 0 aromatic carbocycles. The van der Waals surface area contributed by atoms with Gasteiger partial charge in [-0.05, 0) is 38.5 Å². The average molecular weight is 337 g/mol. The summed E-state index contributed by atoms with van der Waals surface area (Å²) < 4.78 is 11.3. The zero-order valence-corrected chi connectivity index (χ0v) is 15.2. The highest BCUT2D eigenvalue weighted by Gasteiger charge is 2.21. The maximum absolute atomic E-state index is 12.2. The second-order valence-corrected chi connectivity index (χ2v) is 6.42. The van der Waals surface area contributed by atoms with Crippen LogP contribution < -0.4 is 5.73 Å². The summed E-state index contributed by atoms with van der Waals surface area (Å²) in [6.07, 6.45) is 3.88. The van der Waals surface area contributed by atoms with Gasteiger partial charge in [0, 0.05) is 26.2 Å². The lowest BCUT2D eigenvalue weighted by Crippen LogP contribution is -2.40. The molecule has 132 valence electrons.